The van der Waals surface area contributed by atoms with Crippen molar-refractivity contribution < 1.29 is 5.11 Å². The maximum absolute atomic E-state index is 9.02. The minimum absolute atomic E-state index is 0.220. The maximum Gasteiger partial charge on any atom is 0.151 e. The van der Waals surface area contributed by atoms with Crippen molar-refractivity contribution in [2.45, 2.75) is 6.10 Å². The van der Waals surface area contributed by atoms with Crippen molar-refractivity contribution in [1.82, 2.24) is 10.2 Å². The number of aliphatic hydroxyl groups is 1. The molecule has 2 heterocycles. The van der Waals surface area contributed by atoms with Crippen LogP contribution in [0.1, 0.15) is 0 Å². The number of halogens is 1. The SMILES string of the molecule is OC1CN(c2ccc(Cl)nn2)C1. The van der Waals surface area contributed by atoms with Crippen LogP contribution < -0.4 is 4.90 Å². The summed E-state index contributed by atoms with van der Waals surface area (Å²) in [5, 5.41) is 17.0. The molecule has 2 rings (SSSR count). The molecule has 0 bridgehead atoms. The molecule has 5 heteroatoms. The van der Waals surface area contributed by atoms with Crippen LogP contribution in [0, 0.1) is 0 Å². The van der Waals surface area contributed by atoms with Gasteiger partial charge in [0.25, 0.3) is 0 Å². The zero-order valence-corrected chi connectivity index (χ0v) is 7.07. The number of hydrogen-bond donors (Lipinski definition) is 1. The monoisotopic (exact) mass is 185 g/mol. The van der Waals surface area contributed by atoms with E-state index < -0.39 is 0 Å². The van der Waals surface area contributed by atoms with Crippen molar-refractivity contribution in [2.24, 2.45) is 0 Å². The van der Waals surface area contributed by atoms with Crippen molar-refractivity contribution in [3.8, 4) is 0 Å². The van der Waals surface area contributed by atoms with Crippen LogP contribution in [0.25, 0.3) is 0 Å². The molecule has 1 saturated heterocycles. The molecular weight excluding hydrogens is 178 g/mol. The van der Waals surface area contributed by atoms with Gasteiger partial charge in [-0.15, -0.1) is 10.2 Å². The Morgan fingerprint density at radius 3 is 2.67 bits per heavy atom. The molecule has 1 aliphatic heterocycles. The number of aliphatic hydroxyl groups excluding tert-OH is 1. The second kappa shape index (κ2) is 2.88. The molecule has 1 aromatic rings. The lowest BCUT2D eigenvalue weighted by atomic mass is 10.2. The summed E-state index contributed by atoms with van der Waals surface area (Å²) in [7, 11) is 0. The first kappa shape index (κ1) is 7.76. The normalized spacial score (nSPS) is 17.7. The highest BCUT2D eigenvalue weighted by molar-refractivity contribution is 6.29. The summed E-state index contributed by atoms with van der Waals surface area (Å²) in [4.78, 5) is 1.94. The molecule has 0 atom stereocenters. The van der Waals surface area contributed by atoms with Crippen LogP contribution in [0.2, 0.25) is 5.15 Å². The van der Waals surface area contributed by atoms with Gasteiger partial charge in [0.2, 0.25) is 0 Å². The smallest absolute Gasteiger partial charge is 0.151 e. The van der Waals surface area contributed by atoms with Gasteiger partial charge in [-0.05, 0) is 12.1 Å². The van der Waals surface area contributed by atoms with E-state index in [0.29, 0.717) is 18.2 Å². The average Bonchev–Trinajstić information content (AvgIpc) is 2.01. The third-order valence-corrected chi connectivity index (χ3v) is 2.01. The first-order valence-electron chi connectivity index (χ1n) is 3.68. The van der Waals surface area contributed by atoms with E-state index in [9.17, 15) is 0 Å². The number of β-amino-alcohol motifs (C(OH)–C–C–N with tert-alkyl or cyclic N) is 1. The minimum atomic E-state index is -0.220. The molecule has 0 spiro atoms. The van der Waals surface area contributed by atoms with Gasteiger partial charge in [-0.3, -0.25) is 0 Å². The topological polar surface area (TPSA) is 49.2 Å². The Morgan fingerprint density at radius 1 is 1.42 bits per heavy atom. The van der Waals surface area contributed by atoms with Crippen molar-refractivity contribution >= 4 is 17.4 Å². The van der Waals surface area contributed by atoms with E-state index in [1.54, 1.807) is 12.1 Å². The molecule has 64 valence electrons. The van der Waals surface area contributed by atoms with Crippen LogP contribution in [0.3, 0.4) is 0 Å². The predicted octanol–water partition coefficient (Wildman–Crippen LogP) is 0.311. The largest absolute Gasteiger partial charge is 0.389 e. The molecule has 0 unspecified atom stereocenters. The summed E-state index contributed by atoms with van der Waals surface area (Å²) in [5.41, 5.74) is 0. The van der Waals surface area contributed by atoms with Gasteiger partial charge in [0.05, 0.1) is 6.10 Å². The summed E-state index contributed by atoms with van der Waals surface area (Å²) in [5.74, 6) is 0.768. The number of nitrogens with zero attached hydrogens (tertiary/aromatic N) is 3. The van der Waals surface area contributed by atoms with Gasteiger partial charge in [-0.2, -0.15) is 0 Å². The van der Waals surface area contributed by atoms with Crippen LogP contribution in [0.5, 0.6) is 0 Å². The van der Waals surface area contributed by atoms with E-state index in [1.807, 2.05) is 4.90 Å². The fourth-order valence-electron chi connectivity index (χ4n) is 1.12. The van der Waals surface area contributed by atoms with Gasteiger partial charge in [-0.25, -0.2) is 0 Å². The number of anilines is 1. The highest BCUT2D eigenvalue weighted by atomic mass is 35.5. The second-order valence-electron chi connectivity index (χ2n) is 2.77. The Balaban J connectivity index is 2.09. The van der Waals surface area contributed by atoms with Crippen LogP contribution in [-0.4, -0.2) is 34.5 Å². The van der Waals surface area contributed by atoms with Gasteiger partial charge in [-0.1, -0.05) is 11.6 Å². The van der Waals surface area contributed by atoms with Gasteiger partial charge in [0.15, 0.2) is 11.0 Å². The van der Waals surface area contributed by atoms with E-state index in [0.717, 1.165) is 5.82 Å². The summed E-state index contributed by atoms with van der Waals surface area (Å²) in [6, 6.07) is 3.48. The zero-order chi connectivity index (χ0) is 8.55. The molecular formula is C7H8ClN3O. The Hall–Kier alpha value is -0.870. The molecule has 0 amide bonds. The van der Waals surface area contributed by atoms with Crippen molar-refractivity contribution in [3.05, 3.63) is 17.3 Å². The third-order valence-electron chi connectivity index (χ3n) is 1.80. The molecule has 1 aromatic heterocycles. The van der Waals surface area contributed by atoms with E-state index in [2.05, 4.69) is 10.2 Å². The molecule has 0 aromatic carbocycles. The molecule has 1 aliphatic rings. The first-order chi connectivity index (χ1) is 5.75. The van der Waals surface area contributed by atoms with Gasteiger partial charge in [0.1, 0.15) is 0 Å². The fourth-order valence-corrected chi connectivity index (χ4v) is 1.22. The Bertz CT molecular complexity index is 270. The molecule has 0 saturated carbocycles. The summed E-state index contributed by atoms with van der Waals surface area (Å²) in [6.45, 7) is 1.27. The predicted molar refractivity (Wildman–Crippen MR) is 45.3 cm³/mol. The number of aromatic nitrogens is 2. The van der Waals surface area contributed by atoms with E-state index in [4.69, 9.17) is 16.7 Å². The van der Waals surface area contributed by atoms with Crippen LogP contribution in [0.15, 0.2) is 12.1 Å². The molecule has 0 radical (unpaired) electrons. The van der Waals surface area contributed by atoms with E-state index in [1.165, 1.54) is 0 Å². The minimum Gasteiger partial charge on any atom is -0.389 e. The lowest BCUT2D eigenvalue weighted by Crippen LogP contribution is -2.51. The third kappa shape index (κ3) is 1.35. The summed E-state index contributed by atoms with van der Waals surface area (Å²) < 4.78 is 0. The Labute approximate surface area is 74.8 Å². The summed E-state index contributed by atoms with van der Waals surface area (Å²) in [6.07, 6.45) is -0.220. The Kier molecular flexibility index (Phi) is 1.86. The first-order valence-corrected chi connectivity index (χ1v) is 4.06. The van der Waals surface area contributed by atoms with Crippen LogP contribution in [0.4, 0.5) is 5.82 Å². The fraction of sp³-hybridized carbons (Fsp3) is 0.429. The second-order valence-corrected chi connectivity index (χ2v) is 3.16. The van der Waals surface area contributed by atoms with Gasteiger partial charge in [0, 0.05) is 13.1 Å². The van der Waals surface area contributed by atoms with Gasteiger partial charge >= 0.3 is 0 Å². The van der Waals surface area contributed by atoms with Crippen molar-refractivity contribution in [2.75, 3.05) is 18.0 Å². The maximum atomic E-state index is 9.02. The standard InChI is InChI=1S/C7H8ClN3O/c8-6-1-2-7(10-9-6)11-3-5(12)4-11/h1-2,5,12H,3-4H2. The summed E-state index contributed by atoms with van der Waals surface area (Å²) >= 11 is 5.56. The van der Waals surface area contributed by atoms with E-state index in [-0.39, 0.29) is 6.10 Å². The molecule has 0 aliphatic carbocycles. The highest BCUT2D eigenvalue weighted by Crippen LogP contribution is 2.17. The Morgan fingerprint density at radius 2 is 2.17 bits per heavy atom. The highest BCUT2D eigenvalue weighted by Gasteiger charge is 2.25. The average molecular weight is 186 g/mol. The number of rotatable bonds is 1. The quantitative estimate of drug-likeness (QED) is 0.684. The van der Waals surface area contributed by atoms with E-state index >= 15 is 0 Å². The molecule has 4 nitrogen and oxygen atoms in total. The van der Waals surface area contributed by atoms with Crippen LogP contribution >= 0.6 is 11.6 Å². The van der Waals surface area contributed by atoms with Crippen molar-refractivity contribution in [1.29, 1.82) is 0 Å². The number of hydrogen-bond acceptors (Lipinski definition) is 4. The van der Waals surface area contributed by atoms with Crippen LogP contribution in [-0.2, 0) is 0 Å². The molecule has 1 N–H and O–H groups in total. The van der Waals surface area contributed by atoms with Gasteiger partial charge < -0.3 is 10.0 Å². The lowest BCUT2D eigenvalue weighted by Gasteiger charge is -2.36. The zero-order valence-electron chi connectivity index (χ0n) is 6.31. The lowest BCUT2D eigenvalue weighted by molar-refractivity contribution is 0.141. The molecule has 1 fully saturated rings. The van der Waals surface area contributed by atoms with Crippen molar-refractivity contribution in [3.63, 3.8) is 0 Å². The molecule has 12 heavy (non-hydrogen) atoms.